The average Bonchev–Trinajstić information content (AvgIpc) is 2.32. The fraction of sp³-hybridized carbons (Fsp3) is 0.400. The lowest BCUT2D eigenvalue weighted by Crippen LogP contribution is -2.42. The van der Waals surface area contributed by atoms with Crippen LogP contribution in [0.25, 0.3) is 0 Å². The molecule has 96 valence electrons. The van der Waals surface area contributed by atoms with Gasteiger partial charge in [0.05, 0.1) is 17.8 Å². The van der Waals surface area contributed by atoms with Crippen LogP contribution in [0.2, 0.25) is 0 Å². The van der Waals surface area contributed by atoms with Crippen molar-refractivity contribution in [3.63, 3.8) is 0 Å². The Labute approximate surface area is 107 Å². The largest absolute Gasteiger partial charge is 0.464 e. The van der Waals surface area contributed by atoms with Gasteiger partial charge in [0.1, 0.15) is 5.76 Å². The zero-order chi connectivity index (χ0) is 13.5. The maximum absolute atomic E-state index is 12.0. The van der Waals surface area contributed by atoms with Crippen LogP contribution in [-0.4, -0.2) is 17.0 Å². The number of hydrogen-bond acceptors (Lipinski definition) is 3. The minimum Gasteiger partial charge on any atom is -0.464 e. The smallest absolute Gasteiger partial charge is 0.164 e. The molecule has 0 aromatic heterocycles. The number of hydrogen-bond donors (Lipinski definition) is 1. The van der Waals surface area contributed by atoms with E-state index in [0.29, 0.717) is 11.3 Å². The van der Waals surface area contributed by atoms with E-state index in [0.717, 1.165) is 11.1 Å². The second kappa shape index (κ2) is 4.25. The van der Waals surface area contributed by atoms with Crippen molar-refractivity contribution in [2.24, 2.45) is 5.41 Å². The van der Waals surface area contributed by atoms with Crippen LogP contribution < -0.4 is 0 Å². The molecule has 0 fully saturated rings. The molecule has 1 heterocycles. The highest BCUT2D eigenvalue weighted by Crippen LogP contribution is 2.41. The molecule has 3 nitrogen and oxygen atoms in total. The molecule has 1 N–H and O–H groups in total. The van der Waals surface area contributed by atoms with Gasteiger partial charge in [-0.2, -0.15) is 0 Å². The Balaban J connectivity index is 2.54. The Morgan fingerprint density at radius 2 is 2.11 bits per heavy atom. The quantitative estimate of drug-likeness (QED) is 0.773. The zero-order valence-corrected chi connectivity index (χ0v) is 11.2. The number of carbonyl (C=O) groups excluding carboxylic acids is 1. The number of fused-ring (bicyclic) bond motifs is 1. The third-order valence-electron chi connectivity index (χ3n) is 3.60. The predicted octanol–water partition coefficient (Wildman–Crippen LogP) is 2.65. The molecule has 0 radical (unpaired) electrons. The Morgan fingerprint density at radius 1 is 1.44 bits per heavy atom. The molecule has 18 heavy (non-hydrogen) atoms. The number of carbonyl (C=O) groups is 1. The third kappa shape index (κ3) is 1.75. The summed E-state index contributed by atoms with van der Waals surface area (Å²) in [6.07, 6.45) is 6.06. The van der Waals surface area contributed by atoms with E-state index in [2.05, 4.69) is 0 Å². The van der Waals surface area contributed by atoms with Crippen molar-refractivity contribution in [1.82, 2.24) is 0 Å². The molecule has 0 amide bonds. The van der Waals surface area contributed by atoms with Crippen molar-refractivity contribution in [2.45, 2.75) is 33.8 Å². The van der Waals surface area contributed by atoms with Crippen molar-refractivity contribution >= 4 is 5.78 Å². The van der Waals surface area contributed by atoms with Gasteiger partial charge in [-0.1, -0.05) is 6.08 Å². The summed E-state index contributed by atoms with van der Waals surface area (Å²) < 4.78 is 5.52. The number of aliphatic hydroxyl groups is 1. The average molecular weight is 246 g/mol. The summed E-state index contributed by atoms with van der Waals surface area (Å²) in [6.45, 7) is 7.29. The van der Waals surface area contributed by atoms with Gasteiger partial charge in [-0.15, -0.1) is 0 Å². The van der Waals surface area contributed by atoms with Gasteiger partial charge in [0, 0.05) is 5.57 Å². The van der Waals surface area contributed by atoms with E-state index in [1.54, 1.807) is 26.2 Å². The van der Waals surface area contributed by atoms with E-state index in [-0.39, 0.29) is 5.78 Å². The third-order valence-corrected chi connectivity index (χ3v) is 3.60. The normalized spacial score (nSPS) is 26.7. The molecular formula is C15H18O3. The van der Waals surface area contributed by atoms with Crippen LogP contribution in [0.3, 0.4) is 0 Å². The Kier molecular flexibility index (Phi) is 3.03. The summed E-state index contributed by atoms with van der Waals surface area (Å²) in [5, 5.41) is 10.3. The molecule has 1 aliphatic carbocycles. The Bertz CT molecular complexity index is 516. The minimum atomic E-state index is -0.827. The van der Waals surface area contributed by atoms with Gasteiger partial charge in [-0.3, -0.25) is 4.79 Å². The van der Waals surface area contributed by atoms with Crippen LogP contribution >= 0.6 is 0 Å². The van der Waals surface area contributed by atoms with E-state index < -0.39 is 11.5 Å². The maximum Gasteiger partial charge on any atom is 0.164 e. The Morgan fingerprint density at radius 3 is 2.72 bits per heavy atom. The van der Waals surface area contributed by atoms with E-state index in [1.807, 2.05) is 26.0 Å². The number of ketones is 1. The molecule has 2 rings (SSSR count). The highest BCUT2D eigenvalue weighted by Gasteiger charge is 2.43. The lowest BCUT2D eigenvalue weighted by molar-refractivity contribution is -0.127. The molecule has 0 saturated heterocycles. The van der Waals surface area contributed by atoms with Crippen LogP contribution in [0.5, 0.6) is 0 Å². The van der Waals surface area contributed by atoms with Crippen molar-refractivity contribution in [2.75, 3.05) is 0 Å². The molecule has 0 aromatic carbocycles. The molecule has 0 spiro atoms. The predicted molar refractivity (Wildman–Crippen MR) is 69.6 cm³/mol. The van der Waals surface area contributed by atoms with Crippen LogP contribution in [0.4, 0.5) is 0 Å². The summed E-state index contributed by atoms with van der Waals surface area (Å²) in [7, 11) is 0. The molecule has 0 aromatic rings. The van der Waals surface area contributed by atoms with Gasteiger partial charge in [0.15, 0.2) is 5.78 Å². The van der Waals surface area contributed by atoms with Gasteiger partial charge >= 0.3 is 0 Å². The van der Waals surface area contributed by atoms with Gasteiger partial charge in [-0.05, 0) is 51.0 Å². The first-order valence-electron chi connectivity index (χ1n) is 6.04. The van der Waals surface area contributed by atoms with E-state index in [9.17, 15) is 9.90 Å². The number of aliphatic hydroxyl groups excluding tert-OH is 1. The highest BCUT2D eigenvalue weighted by molar-refractivity contribution is 5.99. The number of allylic oxidation sites excluding steroid dienone is 4. The summed E-state index contributed by atoms with van der Waals surface area (Å²) in [4.78, 5) is 12.0. The molecular weight excluding hydrogens is 228 g/mol. The first kappa shape index (κ1) is 12.8. The first-order valence-corrected chi connectivity index (χ1v) is 6.04. The standard InChI is InChI=1S/C15H18O3/c1-5-6-12-9(2)10-7-13(16)15(3,4)14(17)11(10)8-18-12/h5-8,14,17H,1-4H3/b6-5+/t14-/m0/s1. The summed E-state index contributed by atoms with van der Waals surface area (Å²) in [5.74, 6) is 0.662. The summed E-state index contributed by atoms with van der Waals surface area (Å²) in [6, 6.07) is 0. The monoisotopic (exact) mass is 246 g/mol. The maximum atomic E-state index is 12.0. The van der Waals surface area contributed by atoms with Gasteiger partial charge in [-0.25, -0.2) is 0 Å². The summed E-state index contributed by atoms with van der Waals surface area (Å²) in [5.41, 5.74) is 1.56. The molecule has 0 bridgehead atoms. The number of ether oxygens (including phenoxy) is 1. The van der Waals surface area contributed by atoms with Crippen molar-refractivity contribution in [3.8, 4) is 0 Å². The van der Waals surface area contributed by atoms with Crippen molar-refractivity contribution in [1.29, 1.82) is 0 Å². The van der Waals surface area contributed by atoms with Crippen LogP contribution in [-0.2, 0) is 9.53 Å². The van der Waals surface area contributed by atoms with Crippen molar-refractivity contribution < 1.29 is 14.6 Å². The van der Waals surface area contributed by atoms with Crippen LogP contribution in [0, 0.1) is 5.41 Å². The van der Waals surface area contributed by atoms with Crippen LogP contribution in [0.1, 0.15) is 27.7 Å². The van der Waals surface area contributed by atoms with Gasteiger partial charge in [0.25, 0.3) is 0 Å². The SMILES string of the molecule is C/C=C/C1=C(C)C2=CC(=O)C(C)(C)[C@@H](O)C2=CO1. The first-order chi connectivity index (χ1) is 8.39. The molecule has 1 atom stereocenters. The lowest BCUT2D eigenvalue weighted by atomic mass is 9.71. The van der Waals surface area contributed by atoms with E-state index >= 15 is 0 Å². The van der Waals surface area contributed by atoms with Gasteiger partial charge < -0.3 is 9.84 Å². The second-order valence-electron chi connectivity index (χ2n) is 5.23. The Hall–Kier alpha value is -1.61. The topological polar surface area (TPSA) is 46.5 Å². The fourth-order valence-corrected chi connectivity index (χ4v) is 2.19. The summed E-state index contributed by atoms with van der Waals surface area (Å²) >= 11 is 0. The van der Waals surface area contributed by atoms with Crippen LogP contribution in [0.15, 0.2) is 47.0 Å². The van der Waals surface area contributed by atoms with E-state index in [4.69, 9.17) is 4.74 Å². The lowest BCUT2D eigenvalue weighted by Gasteiger charge is -2.36. The van der Waals surface area contributed by atoms with Gasteiger partial charge in [0.2, 0.25) is 0 Å². The molecule has 0 saturated carbocycles. The zero-order valence-electron chi connectivity index (χ0n) is 11.2. The minimum absolute atomic E-state index is 0.0526. The molecule has 3 heteroatoms. The molecule has 2 aliphatic rings. The molecule has 1 aliphatic heterocycles. The van der Waals surface area contributed by atoms with E-state index in [1.165, 1.54) is 0 Å². The molecule has 0 unspecified atom stereocenters. The second-order valence-corrected chi connectivity index (χ2v) is 5.23. The van der Waals surface area contributed by atoms with Crippen molar-refractivity contribution in [3.05, 3.63) is 47.0 Å². The highest BCUT2D eigenvalue weighted by atomic mass is 16.5. The number of rotatable bonds is 1. The fourth-order valence-electron chi connectivity index (χ4n) is 2.19.